The van der Waals surface area contributed by atoms with E-state index in [0.29, 0.717) is 11.6 Å². The topological polar surface area (TPSA) is 90.0 Å². The van der Waals surface area contributed by atoms with Gasteiger partial charge in [-0.1, -0.05) is 12.1 Å². The molecule has 3 N–H and O–H groups in total. The third-order valence-corrected chi connectivity index (χ3v) is 3.35. The number of benzene rings is 1. The highest BCUT2D eigenvalue weighted by Crippen LogP contribution is 2.24. The Kier molecular flexibility index (Phi) is 3.45. The smallest absolute Gasteiger partial charge is 0.184 e. The molecule has 0 spiro atoms. The molecule has 3 rings (SSSR count). The molecule has 1 aromatic carbocycles. The molecule has 0 amide bonds. The molecular weight excluding hydrogens is 268 g/mol. The van der Waals surface area contributed by atoms with Gasteiger partial charge in [-0.15, -0.1) is 0 Å². The number of hydrogen-bond acceptors (Lipinski definition) is 5. The quantitative estimate of drug-likeness (QED) is 0.768. The number of hydrogen-bond donors (Lipinski definition) is 2. The van der Waals surface area contributed by atoms with Crippen molar-refractivity contribution in [3.05, 3.63) is 53.7 Å². The molecular formula is C15H16N4O2. The fourth-order valence-electron chi connectivity index (χ4n) is 2.14. The van der Waals surface area contributed by atoms with Crippen molar-refractivity contribution in [1.82, 2.24) is 15.2 Å². The molecule has 0 saturated carbocycles. The Bertz CT molecular complexity index is 747. The van der Waals surface area contributed by atoms with E-state index in [1.165, 1.54) is 0 Å². The summed E-state index contributed by atoms with van der Waals surface area (Å²) in [5.74, 6) is 2.71. The molecule has 0 aliphatic rings. The minimum Gasteiger partial charge on any atom is -0.497 e. The molecule has 21 heavy (non-hydrogen) atoms. The average Bonchev–Trinajstić information content (AvgIpc) is 3.15. The van der Waals surface area contributed by atoms with Crippen molar-refractivity contribution < 1.29 is 9.15 Å². The zero-order valence-electron chi connectivity index (χ0n) is 11.8. The molecule has 3 aromatic rings. The lowest BCUT2D eigenvalue weighted by Gasteiger charge is -2.09. The summed E-state index contributed by atoms with van der Waals surface area (Å²) in [5.41, 5.74) is 7.99. The molecule has 2 aromatic heterocycles. The Morgan fingerprint density at radius 1 is 1.33 bits per heavy atom. The summed E-state index contributed by atoms with van der Waals surface area (Å²) >= 11 is 0. The summed E-state index contributed by atoms with van der Waals surface area (Å²) < 4.78 is 10.5. The van der Waals surface area contributed by atoms with Crippen LogP contribution in [-0.2, 0) is 0 Å². The summed E-state index contributed by atoms with van der Waals surface area (Å²) in [6.07, 6.45) is 1.61. The van der Waals surface area contributed by atoms with Crippen molar-refractivity contribution >= 4 is 0 Å². The third-order valence-electron chi connectivity index (χ3n) is 3.35. The second-order valence-electron chi connectivity index (χ2n) is 4.69. The average molecular weight is 284 g/mol. The van der Waals surface area contributed by atoms with Gasteiger partial charge in [0.05, 0.1) is 25.0 Å². The van der Waals surface area contributed by atoms with Gasteiger partial charge in [-0.25, -0.2) is 4.98 Å². The molecule has 0 aliphatic heterocycles. The standard InChI is InChI=1S/C15H16N4O2/c1-9-12(6-7-21-9)14-17-15(19-18-14)13(16)10-4-3-5-11(8-10)20-2/h3-8,13H,16H2,1-2H3,(H,17,18,19). The highest BCUT2D eigenvalue weighted by molar-refractivity contribution is 5.56. The number of aromatic amines is 1. The van der Waals surface area contributed by atoms with E-state index in [4.69, 9.17) is 14.9 Å². The van der Waals surface area contributed by atoms with Crippen LogP contribution >= 0.6 is 0 Å². The van der Waals surface area contributed by atoms with Crippen molar-refractivity contribution in [2.45, 2.75) is 13.0 Å². The Labute approximate surface area is 122 Å². The number of nitrogens with one attached hydrogen (secondary N) is 1. The van der Waals surface area contributed by atoms with Crippen LogP contribution in [0.15, 0.2) is 41.0 Å². The van der Waals surface area contributed by atoms with Crippen molar-refractivity contribution in [2.24, 2.45) is 5.73 Å². The normalized spacial score (nSPS) is 12.3. The minimum absolute atomic E-state index is 0.395. The van der Waals surface area contributed by atoms with E-state index in [2.05, 4.69) is 15.2 Å². The first kappa shape index (κ1) is 13.4. The Hall–Kier alpha value is -2.60. The lowest BCUT2D eigenvalue weighted by molar-refractivity contribution is 0.414. The summed E-state index contributed by atoms with van der Waals surface area (Å²) in [6, 6.07) is 9.02. The second-order valence-corrected chi connectivity index (χ2v) is 4.69. The van der Waals surface area contributed by atoms with Gasteiger partial charge >= 0.3 is 0 Å². The van der Waals surface area contributed by atoms with E-state index >= 15 is 0 Å². The summed E-state index contributed by atoms with van der Waals surface area (Å²) in [6.45, 7) is 1.87. The van der Waals surface area contributed by atoms with E-state index in [1.807, 2.05) is 37.3 Å². The molecule has 108 valence electrons. The van der Waals surface area contributed by atoms with E-state index < -0.39 is 6.04 Å². The fourth-order valence-corrected chi connectivity index (χ4v) is 2.14. The first-order valence-electron chi connectivity index (χ1n) is 6.55. The number of aromatic nitrogens is 3. The van der Waals surface area contributed by atoms with Crippen molar-refractivity contribution in [1.29, 1.82) is 0 Å². The van der Waals surface area contributed by atoms with Crippen LogP contribution in [0.4, 0.5) is 0 Å². The van der Waals surface area contributed by atoms with Gasteiger partial charge < -0.3 is 14.9 Å². The van der Waals surface area contributed by atoms with Gasteiger partial charge in [0.25, 0.3) is 0 Å². The number of nitrogens with two attached hydrogens (primary N) is 1. The highest BCUT2D eigenvalue weighted by Gasteiger charge is 2.17. The Morgan fingerprint density at radius 2 is 2.19 bits per heavy atom. The van der Waals surface area contributed by atoms with E-state index in [-0.39, 0.29) is 0 Å². The monoisotopic (exact) mass is 284 g/mol. The molecule has 1 atom stereocenters. The van der Waals surface area contributed by atoms with Gasteiger partial charge in [-0.3, -0.25) is 5.10 Å². The van der Waals surface area contributed by atoms with Crippen LogP contribution < -0.4 is 10.5 Å². The van der Waals surface area contributed by atoms with E-state index in [1.54, 1.807) is 13.4 Å². The maximum atomic E-state index is 6.23. The lowest BCUT2D eigenvalue weighted by atomic mass is 10.1. The number of ether oxygens (including phenoxy) is 1. The Balaban J connectivity index is 1.90. The number of H-pyrrole nitrogens is 1. The van der Waals surface area contributed by atoms with Crippen molar-refractivity contribution in [2.75, 3.05) is 7.11 Å². The van der Waals surface area contributed by atoms with E-state index in [9.17, 15) is 0 Å². The molecule has 0 radical (unpaired) electrons. The van der Waals surface area contributed by atoms with Gasteiger partial charge in [0.2, 0.25) is 0 Å². The zero-order valence-corrected chi connectivity index (χ0v) is 11.8. The number of methoxy groups -OCH3 is 1. The molecule has 2 heterocycles. The molecule has 1 unspecified atom stereocenters. The largest absolute Gasteiger partial charge is 0.497 e. The lowest BCUT2D eigenvalue weighted by Crippen LogP contribution is -2.13. The number of furan rings is 1. The maximum Gasteiger partial charge on any atom is 0.184 e. The molecule has 6 heteroatoms. The van der Waals surface area contributed by atoms with Crippen LogP contribution in [0.3, 0.4) is 0 Å². The number of nitrogens with zero attached hydrogens (tertiary/aromatic N) is 2. The molecule has 0 bridgehead atoms. The van der Waals surface area contributed by atoms with Gasteiger partial charge in [0.1, 0.15) is 17.3 Å². The van der Waals surface area contributed by atoms with Crippen molar-refractivity contribution in [3.8, 4) is 17.1 Å². The van der Waals surface area contributed by atoms with Crippen LogP contribution in [0.5, 0.6) is 5.75 Å². The van der Waals surface area contributed by atoms with Crippen LogP contribution in [0.2, 0.25) is 0 Å². The van der Waals surface area contributed by atoms with Crippen LogP contribution in [-0.4, -0.2) is 22.3 Å². The SMILES string of the molecule is COc1cccc(C(N)c2nc(-c3ccoc3C)n[nH]2)c1. The predicted octanol–water partition coefficient (Wildman–Crippen LogP) is 2.43. The summed E-state index contributed by atoms with van der Waals surface area (Å²) in [5, 5.41) is 7.09. The zero-order chi connectivity index (χ0) is 14.8. The van der Waals surface area contributed by atoms with Crippen LogP contribution in [0.25, 0.3) is 11.4 Å². The Morgan fingerprint density at radius 3 is 2.90 bits per heavy atom. The number of rotatable bonds is 4. The van der Waals surface area contributed by atoms with Gasteiger partial charge in [-0.2, -0.15) is 5.10 Å². The minimum atomic E-state index is -0.395. The third kappa shape index (κ3) is 2.53. The molecule has 6 nitrogen and oxygen atoms in total. The van der Waals surface area contributed by atoms with Gasteiger partial charge in [0, 0.05) is 0 Å². The first-order valence-corrected chi connectivity index (χ1v) is 6.55. The highest BCUT2D eigenvalue weighted by atomic mass is 16.5. The van der Waals surface area contributed by atoms with Gasteiger partial charge in [-0.05, 0) is 30.7 Å². The molecule has 0 aliphatic carbocycles. The maximum absolute atomic E-state index is 6.23. The molecule has 0 fully saturated rings. The fraction of sp³-hybridized carbons (Fsp3) is 0.200. The second kappa shape index (κ2) is 5.41. The van der Waals surface area contributed by atoms with Crippen LogP contribution in [0, 0.1) is 6.92 Å². The molecule has 0 saturated heterocycles. The number of aryl methyl sites for hydroxylation is 1. The predicted molar refractivity (Wildman–Crippen MR) is 77.8 cm³/mol. The van der Waals surface area contributed by atoms with Crippen molar-refractivity contribution in [3.63, 3.8) is 0 Å². The first-order chi connectivity index (χ1) is 10.2. The summed E-state index contributed by atoms with van der Waals surface area (Å²) in [7, 11) is 1.62. The van der Waals surface area contributed by atoms with Gasteiger partial charge in [0.15, 0.2) is 5.82 Å². The van der Waals surface area contributed by atoms with Crippen LogP contribution in [0.1, 0.15) is 23.2 Å². The van der Waals surface area contributed by atoms with E-state index in [0.717, 1.165) is 22.6 Å². The summed E-state index contributed by atoms with van der Waals surface area (Å²) in [4.78, 5) is 4.45.